The maximum Gasteiger partial charge on any atom is 0.308 e. The van der Waals surface area contributed by atoms with Gasteiger partial charge in [0.2, 0.25) is 0 Å². The SMILES string of the molecule is Cn1cccc1C1CNCC1C(=O)O. The largest absolute Gasteiger partial charge is 0.481 e. The molecule has 1 fully saturated rings. The van der Waals surface area contributed by atoms with Gasteiger partial charge in [-0.05, 0) is 12.1 Å². The molecule has 0 amide bonds. The fraction of sp³-hybridized carbons (Fsp3) is 0.500. The van der Waals surface area contributed by atoms with Crippen LogP contribution in [0.2, 0.25) is 0 Å². The molecular formula is C10H14N2O2. The molecule has 0 bridgehead atoms. The Labute approximate surface area is 82.5 Å². The number of aromatic nitrogens is 1. The van der Waals surface area contributed by atoms with E-state index in [1.165, 1.54) is 0 Å². The lowest BCUT2D eigenvalue weighted by atomic mass is 9.93. The third-order valence-corrected chi connectivity index (χ3v) is 2.90. The van der Waals surface area contributed by atoms with E-state index in [1.807, 2.05) is 29.9 Å². The highest BCUT2D eigenvalue weighted by Crippen LogP contribution is 2.28. The summed E-state index contributed by atoms with van der Waals surface area (Å²) >= 11 is 0. The van der Waals surface area contributed by atoms with Crippen molar-refractivity contribution in [1.82, 2.24) is 9.88 Å². The maximum absolute atomic E-state index is 11.0. The first-order valence-electron chi connectivity index (χ1n) is 4.75. The number of carbonyl (C=O) groups is 1. The zero-order valence-corrected chi connectivity index (χ0v) is 8.10. The van der Waals surface area contributed by atoms with Crippen molar-refractivity contribution in [2.24, 2.45) is 13.0 Å². The van der Waals surface area contributed by atoms with Crippen molar-refractivity contribution in [1.29, 1.82) is 0 Å². The van der Waals surface area contributed by atoms with E-state index in [4.69, 9.17) is 5.11 Å². The van der Waals surface area contributed by atoms with Gasteiger partial charge in [-0.25, -0.2) is 0 Å². The summed E-state index contributed by atoms with van der Waals surface area (Å²) in [6.07, 6.45) is 1.95. The molecule has 76 valence electrons. The van der Waals surface area contributed by atoms with Crippen molar-refractivity contribution in [3.8, 4) is 0 Å². The third-order valence-electron chi connectivity index (χ3n) is 2.90. The molecule has 1 aliphatic heterocycles. The molecule has 4 nitrogen and oxygen atoms in total. The molecule has 14 heavy (non-hydrogen) atoms. The first-order chi connectivity index (χ1) is 6.70. The van der Waals surface area contributed by atoms with Crippen molar-refractivity contribution in [2.45, 2.75) is 5.92 Å². The van der Waals surface area contributed by atoms with Crippen LogP contribution in [0.15, 0.2) is 18.3 Å². The van der Waals surface area contributed by atoms with Crippen LogP contribution in [0.25, 0.3) is 0 Å². The molecular weight excluding hydrogens is 180 g/mol. The number of aryl methyl sites for hydroxylation is 1. The van der Waals surface area contributed by atoms with Crippen LogP contribution in [0.3, 0.4) is 0 Å². The molecule has 1 aromatic heterocycles. The number of rotatable bonds is 2. The van der Waals surface area contributed by atoms with Gasteiger partial charge in [-0.3, -0.25) is 4.79 Å². The van der Waals surface area contributed by atoms with E-state index in [9.17, 15) is 4.79 Å². The van der Waals surface area contributed by atoms with Crippen LogP contribution in [0.5, 0.6) is 0 Å². The van der Waals surface area contributed by atoms with Crippen LogP contribution in [0.4, 0.5) is 0 Å². The van der Waals surface area contributed by atoms with Gasteiger partial charge in [0.05, 0.1) is 5.92 Å². The fourth-order valence-electron chi connectivity index (χ4n) is 2.11. The van der Waals surface area contributed by atoms with Crippen LogP contribution < -0.4 is 5.32 Å². The number of hydrogen-bond acceptors (Lipinski definition) is 2. The number of carboxylic acids is 1. The predicted molar refractivity (Wildman–Crippen MR) is 52.1 cm³/mol. The lowest BCUT2D eigenvalue weighted by Gasteiger charge is -2.15. The minimum atomic E-state index is -0.707. The van der Waals surface area contributed by atoms with Crippen molar-refractivity contribution in [2.75, 3.05) is 13.1 Å². The lowest BCUT2D eigenvalue weighted by molar-refractivity contribution is -0.141. The number of nitrogens with zero attached hydrogens (tertiary/aromatic N) is 1. The molecule has 1 aromatic rings. The Bertz CT molecular complexity index is 346. The van der Waals surface area contributed by atoms with Gasteiger partial charge < -0.3 is 15.0 Å². The second kappa shape index (κ2) is 3.46. The molecule has 2 atom stereocenters. The Hall–Kier alpha value is -1.29. The Kier molecular flexibility index (Phi) is 2.29. The van der Waals surface area contributed by atoms with Gasteiger partial charge >= 0.3 is 5.97 Å². The summed E-state index contributed by atoms with van der Waals surface area (Å²) in [6.45, 7) is 1.33. The number of carboxylic acid groups (broad SMARTS) is 1. The van der Waals surface area contributed by atoms with E-state index in [0.717, 1.165) is 12.2 Å². The summed E-state index contributed by atoms with van der Waals surface area (Å²) in [5, 5.41) is 12.1. The van der Waals surface area contributed by atoms with E-state index >= 15 is 0 Å². The number of nitrogens with one attached hydrogen (secondary N) is 1. The first kappa shape index (κ1) is 9.27. The average Bonchev–Trinajstić information content (AvgIpc) is 2.70. The van der Waals surface area contributed by atoms with Gasteiger partial charge in [0.15, 0.2) is 0 Å². The summed E-state index contributed by atoms with van der Waals surface area (Å²) in [4.78, 5) is 11.0. The monoisotopic (exact) mass is 194 g/mol. The van der Waals surface area contributed by atoms with Crippen molar-refractivity contribution >= 4 is 5.97 Å². The van der Waals surface area contributed by atoms with Gasteiger partial charge in [-0.15, -0.1) is 0 Å². The highest BCUT2D eigenvalue weighted by molar-refractivity contribution is 5.72. The van der Waals surface area contributed by atoms with Crippen LogP contribution >= 0.6 is 0 Å². The Balaban J connectivity index is 2.26. The van der Waals surface area contributed by atoms with Gasteiger partial charge in [0.25, 0.3) is 0 Å². The summed E-state index contributed by atoms with van der Waals surface area (Å²) in [5.74, 6) is -0.891. The second-order valence-electron chi connectivity index (χ2n) is 3.75. The predicted octanol–water partition coefficient (Wildman–Crippen LogP) is 0.413. The number of hydrogen-bond donors (Lipinski definition) is 2. The highest BCUT2D eigenvalue weighted by Gasteiger charge is 2.34. The minimum Gasteiger partial charge on any atom is -0.481 e. The molecule has 0 radical (unpaired) electrons. The standard InChI is InChI=1S/C10H14N2O2/c1-12-4-2-3-9(12)7-5-11-6-8(7)10(13)14/h2-4,7-8,11H,5-6H2,1H3,(H,13,14). The molecule has 2 heterocycles. The van der Waals surface area contributed by atoms with Crippen molar-refractivity contribution in [3.05, 3.63) is 24.0 Å². The molecule has 2 rings (SSSR count). The van der Waals surface area contributed by atoms with Crippen LogP contribution in [-0.2, 0) is 11.8 Å². The summed E-state index contributed by atoms with van der Waals surface area (Å²) in [6, 6.07) is 3.94. The summed E-state index contributed by atoms with van der Waals surface area (Å²) < 4.78 is 1.99. The normalized spacial score (nSPS) is 26.6. The molecule has 0 aromatic carbocycles. The highest BCUT2D eigenvalue weighted by atomic mass is 16.4. The van der Waals surface area contributed by atoms with Gasteiger partial charge in [-0.2, -0.15) is 0 Å². The molecule has 1 saturated heterocycles. The molecule has 0 aliphatic carbocycles. The zero-order valence-electron chi connectivity index (χ0n) is 8.10. The van der Waals surface area contributed by atoms with E-state index in [2.05, 4.69) is 5.32 Å². The Morgan fingerprint density at radius 3 is 3.00 bits per heavy atom. The maximum atomic E-state index is 11.0. The molecule has 0 saturated carbocycles. The molecule has 0 spiro atoms. The average molecular weight is 194 g/mol. The minimum absolute atomic E-state index is 0.104. The van der Waals surface area contributed by atoms with Gasteiger partial charge in [0, 0.05) is 37.9 Å². The summed E-state index contributed by atoms with van der Waals surface area (Å²) in [5.41, 5.74) is 1.10. The van der Waals surface area contributed by atoms with Crippen LogP contribution in [0.1, 0.15) is 11.6 Å². The van der Waals surface area contributed by atoms with Crippen LogP contribution in [0, 0.1) is 5.92 Å². The Morgan fingerprint density at radius 1 is 1.64 bits per heavy atom. The van der Waals surface area contributed by atoms with Crippen molar-refractivity contribution < 1.29 is 9.90 Å². The Morgan fingerprint density at radius 2 is 2.43 bits per heavy atom. The van der Waals surface area contributed by atoms with Crippen LogP contribution in [-0.4, -0.2) is 28.7 Å². The van der Waals surface area contributed by atoms with E-state index in [0.29, 0.717) is 6.54 Å². The molecule has 2 unspecified atom stereocenters. The van der Waals surface area contributed by atoms with E-state index in [1.54, 1.807) is 0 Å². The smallest absolute Gasteiger partial charge is 0.308 e. The fourth-order valence-corrected chi connectivity index (χ4v) is 2.11. The lowest BCUT2D eigenvalue weighted by Crippen LogP contribution is -2.22. The number of aliphatic carboxylic acids is 1. The molecule has 4 heteroatoms. The zero-order chi connectivity index (χ0) is 10.1. The van der Waals surface area contributed by atoms with E-state index < -0.39 is 5.97 Å². The second-order valence-corrected chi connectivity index (χ2v) is 3.75. The van der Waals surface area contributed by atoms with E-state index in [-0.39, 0.29) is 11.8 Å². The third kappa shape index (κ3) is 1.42. The molecule has 2 N–H and O–H groups in total. The van der Waals surface area contributed by atoms with Gasteiger partial charge in [-0.1, -0.05) is 0 Å². The quantitative estimate of drug-likeness (QED) is 0.717. The van der Waals surface area contributed by atoms with Gasteiger partial charge in [0.1, 0.15) is 0 Å². The molecule has 1 aliphatic rings. The topological polar surface area (TPSA) is 54.3 Å². The summed E-state index contributed by atoms with van der Waals surface area (Å²) in [7, 11) is 1.95. The van der Waals surface area contributed by atoms with Crippen molar-refractivity contribution in [3.63, 3.8) is 0 Å². The first-order valence-corrected chi connectivity index (χ1v) is 4.75.